The molecule has 0 radical (unpaired) electrons. The van der Waals surface area contributed by atoms with Crippen molar-refractivity contribution in [3.05, 3.63) is 108 Å². The summed E-state index contributed by atoms with van der Waals surface area (Å²) < 4.78 is 0. The average molecular weight is 393 g/mol. The first-order chi connectivity index (χ1) is 14.2. The maximum Gasteiger partial charge on any atom is 0.115 e. The van der Waals surface area contributed by atoms with E-state index in [0.717, 1.165) is 33.2 Å². The second kappa shape index (κ2) is 8.77. The molecule has 0 fully saturated rings. The minimum absolute atomic E-state index is 0.632. The van der Waals surface area contributed by atoms with Gasteiger partial charge in [-0.2, -0.15) is 5.26 Å². The van der Waals surface area contributed by atoms with Crippen LogP contribution in [0.3, 0.4) is 0 Å². The van der Waals surface area contributed by atoms with Gasteiger partial charge < -0.3 is 0 Å². The predicted molar refractivity (Wildman–Crippen MR) is 121 cm³/mol. The maximum atomic E-state index is 9.95. The smallest absolute Gasteiger partial charge is 0.115 e. The Bertz CT molecular complexity index is 1150. The van der Waals surface area contributed by atoms with Crippen molar-refractivity contribution in [3.63, 3.8) is 0 Å². The molecule has 4 rings (SSSR count). The summed E-state index contributed by atoms with van der Waals surface area (Å²) in [6, 6.07) is 33.1. The summed E-state index contributed by atoms with van der Waals surface area (Å²) >= 11 is 1.61. The van der Waals surface area contributed by atoms with Crippen molar-refractivity contribution in [2.45, 2.75) is 17.7 Å². The monoisotopic (exact) mass is 392 g/mol. The summed E-state index contributed by atoms with van der Waals surface area (Å²) in [4.78, 5) is 4.89. The van der Waals surface area contributed by atoms with E-state index in [1.165, 1.54) is 11.1 Å². The maximum absolute atomic E-state index is 9.95. The van der Waals surface area contributed by atoms with Crippen LogP contribution < -0.4 is 0 Å². The summed E-state index contributed by atoms with van der Waals surface area (Å²) in [5.41, 5.74) is 6.95. The molecule has 0 aliphatic heterocycles. The highest BCUT2D eigenvalue weighted by Crippen LogP contribution is 2.35. The van der Waals surface area contributed by atoms with E-state index in [2.05, 4.69) is 49.4 Å². The van der Waals surface area contributed by atoms with Gasteiger partial charge >= 0.3 is 0 Å². The van der Waals surface area contributed by atoms with Crippen molar-refractivity contribution in [2.24, 2.45) is 0 Å². The lowest BCUT2D eigenvalue weighted by molar-refractivity contribution is 1.12. The van der Waals surface area contributed by atoms with Gasteiger partial charge in [0.1, 0.15) is 11.1 Å². The molecule has 0 saturated heterocycles. The molecule has 1 aromatic heterocycles. The molecular formula is C26H20N2S. The first-order valence-corrected chi connectivity index (χ1v) is 10.5. The molecule has 140 valence electrons. The number of aryl methyl sites for hydroxylation is 1. The van der Waals surface area contributed by atoms with Gasteiger partial charge in [-0.1, -0.05) is 90.5 Å². The van der Waals surface area contributed by atoms with E-state index in [0.29, 0.717) is 5.56 Å². The Morgan fingerprint density at radius 3 is 2.14 bits per heavy atom. The van der Waals surface area contributed by atoms with Crippen molar-refractivity contribution in [3.8, 4) is 28.5 Å². The number of aromatic nitrogens is 1. The molecule has 2 nitrogen and oxygen atoms in total. The van der Waals surface area contributed by atoms with Gasteiger partial charge in [0.25, 0.3) is 0 Å². The topological polar surface area (TPSA) is 36.7 Å². The molecule has 1 heterocycles. The van der Waals surface area contributed by atoms with E-state index < -0.39 is 0 Å². The van der Waals surface area contributed by atoms with Gasteiger partial charge in [0.2, 0.25) is 0 Å². The lowest BCUT2D eigenvalue weighted by Gasteiger charge is -2.13. The van der Waals surface area contributed by atoms with Crippen LogP contribution in [0, 0.1) is 18.3 Å². The van der Waals surface area contributed by atoms with Crippen LogP contribution in [0.25, 0.3) is 22.4 Å². The molecule has 0 atom stereocenters. The number of nitrogens with zero attached hydrogens (tertiary/aromatic N) is 2. The Morgan fingerprint density at radius 2 is 1.48 bits per heavy atom. The van der Waals surface area contributed by atoms with E-state index >= 15 is 0 Å². The molecule has 0 amide bonds. The van der Waals surface area contributed by atoms with E-state index in [1.807, 2.05) is 54.6 Å². The van der Waals surface area contributed by atoms with Gasteiger partial charge in [0.05, 0.1) is 11.3 Å². The number of thioether (sulfide) groups is 1. The number of hydrogen-bond acceptors (Lipinski definition) is 3. The molecular weight excluding hydrogens is 372 g/mol. The quantitative estimate of drug-likeness (QED) is 0.347. The molecule has 29 heavy (non-hydrogen) atoms. The minimum atomic E-state index is 0.632. The Balaban J connectivity index is 1.82. The second-order valence-corrected chi connectivity index (χ2v) is 7.82. The van der Waals surface area contributed by atoms with Crippen molar-refractivity contribution in [2.75, 3.05) is 0 Å². The summed E-state index contributed by atoms with van der Waals surface area (Å²) in [5.74, 6) is 0.772. The van der Waals surface area contributed by atoms with Crippen LogP contribution in [-0.4, -0.2) is 4.98 Å². The molecule has 0 saturated carbocycles. The van der Waals surface area contributed by atoms with Crippen molar-refractivity contribution < 1.29 is 0 Å². The molecule has 0 unspecified atom stereocenters. The fraction of sp³-hybridized carbons (Fsp3) is 0.0769. The zero-order valence-corrected chi connectivity index (χ0v) is 17.0. The highest BCUT2D eigenvalue weighted by atomic mass is 32.2. The van der Waals surface area contributed by atoms with Crippen LogP contribution >= 0.6 is 11.8 Å². The number of benzene rings is 3. The fourth-order valence-electron chi connectivity index (χ4n) is 3.18. The molecule has 0 aliphatic rings. The standard InChI is InChI=1S/C26H20N2S/c1-19-12-14-22(15-13-19)25-16-23(21-10-6-3-7-11-21)24(17-27)26(28-25)29-18-20-8-4-2-5-9-20/h2-16H,18H2,1H3. The Hall–Kier alpha value is -3.35. The molecule has 0 bridgehead atoms. The summed E-state index contributed by atoms with van der Waals surface area (Å²) in [7, 11) is 0. The van der Waals surface area contributed by atoms with Crippen molar-refractivity contribution in [1.29, 1.82) is 5.26 Å². The predicted octanol–water partition coefficient (Wildman–Crippen LogP) is 6.89. The van der Waals surface area contributed by atoms with Crippen molar-refractivity contribution >= 4 is 11.8 Å². The van der Waals surface area contributed by atoms with Gasteiger partial charge in [-0.25, -0.2) is 4.98 Å². The number of pyridine rings is 1. The highest BCUT2D eigenvalue weighted by molar-refractivity contribution is 7.98. The van der Waals surface area contributed by atoms with Crippen LogP contribution in [0.2, 0.25) is 0 Å². The van der Waals surface area contributed by atoms with Gasteiger partial charge in [-0.3, -0.25) is 0 Å². The number of nitriles is 1. The van der Waals surface area contributed by atoms with E-state index in [4.69, 9.17) is 4.98 Å². The molecule has 3 aromatic carbocycles. The third kappa shape index (κ3) is 4.39. The summed E-state index contributed by atoms with van der Waals surface area (Å²) in [5, 5.41) is 10.7. The number of rotatable bonds is 5. The third-order valence-electron chi connectivity index (χ3n) is 4.75. The van der Waals surface area contributed by atoms with Crippen LogP contribution in [0.15, 0.2) is 96.0 Å². The Labute approximate surface area is 175 Å². The molecule has 0 N–H and O–H groups in total. The molecule has 4 aromatic rings. The van der Waals surface area contributed by atoms with Crippen LogP contribution in [-0.2, 0) is 5.75 Å². The molecule has 3 heteroatoms. The van der Waals surface area contributed by atoms with Gasteiger partial charge in [0.15, 0.2) is 0 Å². The van der Waals surface area contributed by atoms with Gasteiger partial charge in [-0.05, 0) is 24.1 Å². The SMILES string of the molecule is Cc1ccc(-c2cc(-c3ccccc3)c(C#N)c(SCc3ccccc3)n2)cc1. The lowest BCUT2D eigenvalue weighted by Crippen LogP contribution is -1.96. The minimum Gasteiger partial charge on any atom is -0.240 e. The largest absolute Gasteiger partial charge is 0.240 e. The summed E-state index contributed by atoms with van der Waals surface area (Å²) in [6.07, 6.45) is 0. The van der Waals surface area contributed by atoms with Gasteiger partial charge in [0, 0.05) is 16.9 Å². The fourth-order valence-corrected chi connectivity index (χ4v) is 4.14. The van der Waals surface area contributed by atoms with Crippen molar-refractivity contribution in [1.82, 2.24) is 4.98 Å². The first-order valence-electron chi connectivity index (χ1n) is 9.49. The Morgan fingerprint density at radius 1 is 0.828 bits per heavy atom. The normalized spacial score (nSPS) is 10.5. The second-order valence-electron chi connectivity index (χ2n) is 6.85. The molecule has 0 aliphatic carbocycles. The Kier molecular flexibility index (Phi) is 5.74. The highest BCUT2D eigenvalue weighted by Gasteiger charge is 2.16. The third-order valence-corrected chi connectivity index (χ3v) is 5.80. The van der Waals surface area contributed by atoms with Crippen LogP contribution in [0.4, 0.5) is 0 Å². The van der Waals surface area contributed by atoms with E-state index in [1.54, 1.807) is 11.8 Å². The average Bonchev–Trinajstić information content (AvgIpc) is 2.79. The van der Waals surface area contributed by atoms with Crippen LogP contribution in [0.5, 0.6) is 0 Å². The number of hydrogen-bond donors (Lipinski definition) is 0. The van der Waals surface area contributed by atoms with E-state index in [-0.39, 0.29) is 0 Å². The van der Waals surface area contributed by atoms with Gasteiger partial charge in [-0.15, -0.1) is 11.8 Å². The lowest BCUT2D eigenvalue weighted by atomic mass is 9.99. The zero-order valence-electron chi connectivity index (χ0n) is 16.2. The van der Waals surface area contributed by atoms with Crippen LogP contribution in [0.1, 0.15) is 16.7 Å². The first kappa shape index (κ1) is 19.0. The zero-order chi connectivity index (χ0) is 20.1. The summed E-state index contributed by atoms with van der Waals surface area (Å²) in [6.45, 7) is 2.08. The van der Waals surface area contributed by atoms with E-state index in [9.17, 15) is 5.26 Å². The molecule has 0 spiro atoms.